The van der Waals surface area contributed by atoms with E-state index in [9.17, 15) is 19.2 Å². The van der Waals surface area contributed by atoms with E-state index in [4.69, 9.17) is 14.2 Å². The molecule has 4 aliphatic rings. The summed E-state index contributed by atoms with van der Waals surface area (Å²) >= 11 is 0. The molecule has 0 saturated heterocycles. The fourth-order valence-electron chi connectivity index (χ4n) is 8.48. The monoisotopic (exact) mass is 545 g/mol. The number of fused-ring (bicyclic) bond motifs is 5. The van der Waals surface area contributed by atoms with Crippen molar-refractivity contribution in [3.63, 3.8) is 0 Å². The van der Waals surface area contributed by atoms with Crippen molar-refractivity contribution in [3.8, 4) is 0 Å². The maximum atomic E-state index is 12.9. The van der Waals surface area contributed by atoms with E-state index in [2.05, 4.69) is 25.2 Å². The molecule has 4 aliphatic carbocycles. The lowest BCUT2D eigenvalue weighted by atomic mass is 9.48. The van der Waals surface area contributed by atoms with Crippen LogP contribution in [0.15, 0.2) is 11.6 Å². The molecule has 0 aliphatic heterocycles. The van der Waals surface area contributed by atoms with Crippen LogP contribution in [0.4, 0.5) is 0 Å². The Morgan fingerprint density at radius 1 is 1.03 bits per heavy atom. The SMILES string of the molecule is CC(=O)N[C@@H]1[C@H](OC(=O)CC[C@@H](C)COC(C)=O)C[C@H]2[C@@H]3CC=C4C[C@H](OC(C)=O)CC[C@]4(C)[C@H]3CC[C@]12C. The van der Waals surface area contributed by atoms with Crippen LogP contribution in [-0.2, 0) is 33.4 Å². The zero-order valence-electron chi connectivity index (χ0n) is 24.5. The zero-order valence-corrected chi connectivity index (χ0v) is 24.5. The van der Waals surface area contributed by atoms with E-state index in [0.29, 0.717) is 30.8 Å². The van der Waals surface area contributed by atoms with Gasteiger partial charge in [0.05, 0.1) is 12.6 Å². The van der Waals surface area contributed by atoms with Crippen LogP contribution in [0.25, 0.3) is 0 Å². The first kappa shape index (κ1) is 29.6. The number of ether oxygens (including phenoxy) is 3. The molecular formula is C31H47NO7. The number of nitrogens with one attached hydrogen (secondary N) is 1. The lowest BCUT2D eigenvalue weighted by molar-refractivity contribution is -0.152. The Morgan fingerprint density at radius 2 is 1.77 bits per heavy atom. The summed E-state index contributed by atoms with van der Waals surface area (Å²) in [6.45, 7) is 11.3. The fraction of sp³-hybridized carbons (Fsp3) is 0.806. The van der Waals surface area contributed by atoms with Crippen LogP contribution in [0.2, 0.25) is 0 Å². The molecule has 9 atom stereocenters. The molecule has 0 unspecified atom stereocenters. The van der Waals surface area contributed by atoms with Crippen molar-refractivity contribution in [3.05, 3.63) is 11.6 Å². The van der Waals surface area contributed by atoms with Crippen LogP contribution in [-0.4, -0.2) is 48.7 Å². The lowest BCUT2D eigenvalue weighted by Crippen LogP contribution is -2.55. The third-order valence-electron chi connectivity index (χ3n) is 10.5. The molecular weight excluding hydrogens is 498 g/mol. The second-order valence-corrected chi connectivity index (χ2v) is 13.2. The van der Waals surface area contributed by atoms with E-state index in [1.807, 2.05) is 6.92 Å². The van der Waals surface area contributed by atoms with Gasteiger partial charge in [0, 0.05) is 33.6 Å². The summed E-state index contributed by atoms with van der Waals surface area (Å²) in [7, 11) is 0. The Hall–Kier alpha value is -2.38. The first-order valence-corrected chi connectivity index (χ1v) is 14.8. The molecule has 1 amide bonds. The molecule has 39 heavy (non-hydrogen) atoms. The maximum absolute atomic E-state index is 12.9. The van der Waals surface area contributed by atoms with E-state index in [-0.39, 0.29) is 65.2 Å². The van der Waals surface area contributed by atoms with Crippen LogP contribution < -0.4 is 5.32 Å². The number of hydrogen-bond donors (Lipinski definition) is 1. The average Bonchev–Trinajstić information content (AvgIpc) is 3.12. The van der Waals surface area contributed by atoms with Crippen LogP contribution in [0, 0.1) is 34.5 Å². The standard InChI is InChI=1S/C31H47NO7/c1-18(17-37-20(3)34)7-10-28(36)39-27-16-26-24-9-8-22-15-23(38-21(4)35)11-13-30(22,5)25(24)12-14-31(26,6)29(27)32-19(2)33/h8,18,23-27,29H,7,9-17H2,1-6H3,(H,32,33)/t18-,23-,24-,25+,26+,27-,29-,30+,31+/m1/s1. The van der Waals surface area contributed by atoms with E-state index >= 15 is 0 Å². The second-order valence-electron chi connectivity index (χ2n) is 13.2. The van der Waals surface area contributed by atoms with Crippen molar-refractivity contribution in [2.45, 2.75) is 118 Å². The molecule has 1 N–H and O–H groups in total. The molecule has 0 spiro atoms. The summed E-state index contributed by atoms with van der Waals surface area (Å²) in [4.78, 5) is 47.8. The van der Waals surface area contributed by atoms with Gasteiger partial charge in [-0.15, -0.1) is 0 Å². The van der Waals surface area contributed by atoms with Crippen LogP contribution in [0.1, 0.15) is 99.3 Å². The molecule has 3 fully saturated rings. The third-order valence-corrected chi connectivity index (χ3v) is 10.5. The Balaban J connectivity index is 1.47. The molecule has 0 radical (unpaired) electrons. The predicted octanol–water partition coefficient (Wildman–Crippen LogP) is 4.89. The summed E-state index contributed by atoms with van der Waals surface area (Å²) in [5, 5.41) is 3.18. The topological polar surface area (TPSA) is 108 Å². The minimum absolute atomic E-state index is 0.0246. The summed E-state index contributed by atoms with van der Waals surface area (Å²) in [5.41, 5.74) is 1.39. The van der Waals surface area contributed by atoms with Gasteiger partial charge < -0.3 is 19.5 Å². The smallest absolute Gasteiger partial charge is 0.306 e. The van der Waals surface area contributed by atoms with Gasteiger partial charge in [-0.2, -0.15) is 0 Å². The third kappa shape index (κ3) is 6.19. The van der Waals surface area contributed by atoms with Gasteiger partial charge >= 0.3 is 17.9 Å². The number of hydrogen-bond acceptors (Lipinski definition) is 7. The molecule has 218 valence electrons. The summed E-state index contributed by atoms with van der Waals surface area (Å²) in [5.74, 6) is 0.521. The van der Waals surface area contributed by atoms with Gasteiger partial charge in [-0.3, -0.25) is 19.2 Å². The number of allylic oxidation sites excluding steroid dienone is 1. The van der Waals surface area contributed by atoms with Gasteiger partial charge in [0.25, 0.3) is 0 Å². The Labute approximate surface area is 233 Å². The van der Waals surface area contributed by atoms with Crippen molar-refractivity contribution >= 4 is 23.8 Å². The van der Waals surface area contributed by atoms with Crippen molar-refractivity contribution in [2.75, 3.05) is 6.61 Å². The molecule has 0 aromatic rings. The Bertz CT molecular complexity index is 1010. The van der Waals surface area contributed by atoms with Gasteiger partial charge in [-0.25, -0.2) is 0 Å². The number of carbonyl (C=O) groups excluding carboxylic acids is 4. The van der Waals surface area contributed by atoms with Gasteiger partial charge in [-0.05, 0) is 79.4 Å². The molecule has 0 heterocycles. The Morgan fingerprint density at radius 3 is 2.44 bits per heavy atom. The van der Waals surface area contributed by atoms with Crippen molar-refractivity contribution < 1.29 is 33.4 Å². The minimum Gasteiger partial charge on any atom is -0.466 e. The summed E-state index contributed by atoms with van der Waals surface area (Å²) in [6.07, 6.45) is 9.38. The van der Waals surface area contributed by atoms with E-state index in [1.54, 1.807) is 0 Å². The summed E-state index contributed by atoms with van der Waals surface area (Å²) in [6, 6.07) is -0.207. The fourth-order valence-corrected chi connectivity index (χ4v) is 8.48. The Kier molecular flexibility index (Phi) is 8.82. The highest BCUT2D eigenvalue weighted by Gasteiger charge is 2.62. The quantitative estimate of drug-likeness (QED) is 0.263. The molecule has 0 aromatic heterocycles. The molecule has 4 rings (SSSR count). The van der Waals surface area contributed by atoms with Crippen molar-refractivity contribution in [2.24, 2.45) is 34.5 Å². The van der Waals surface area contributed by atoms with Crippen LogP contribution in [0.3, 0.4) is 0 Å². The largest absolute Gasteiger partial charge is 0.466 e. The lowest BCUT2D eigenvalue weighted by Gasteiger charge is -2.57. The molecule has 0 bridgehead atoms. The predicted molar refractivity (Wildman–Crippen MR) is 145 cm³/mol. The highest BCUT2D eigenvalue weighted by atomic mass is 16.5. The molecule has 8 heteroatoms. The van der Waals surface area contributed by atoms with E-state index < -0.39 is 0 Å². The van der Waals surface area contributed by atoms with Crippen LogP contribution in [0.5, 0.6) is 0 Å². The molecule has 3 saturated carbocycles. The molecule has 0 aromatic carbocycles. The normalized spacial score (nSPS) is 37.7. The van der Waals surface area contributed by atoms with Gasteiger partial charge in [0.2, 0.25) is 5.91 Å². The second kappa shape index (κ2) is 11.6. The first-order valence-electron chi connectivity index (χ1n) is 14.8. The van der Waals surface area contributed by atoms with Gasteiger partial charge in [0.15, 0.2) is 0 Å². The van der Waals surface area contributed by atoms with Crippen molar-refractivity contribution in [1.82, 2.24) is 5.32 Å². The van der Waals surface area contributed by atoms with E-state index in [1.165, 1.54) is 26.3 Å². The number of rotatable bonds is 8. The maximum Gasteiger partial charge on any atom is 0.306 e. The zero-order chi connectivity index (χ0) is 28.5. The molecule has 8 nitrogen and oxygen atoms in total. The number of amides is 1. The van der Waals surface area contributed by atoms with Crippen LogP contribution >= 0.6 is 0 Å². The highest BCUT2D eigenvalue weighted by molar-refractivity contribution is 5.74. The number of carbonyl (C=O) groups is 4. The van der Waals surface area contributed by atoms with E-state index in [0.717, 1.165) is 44.9 Å². The number of esters is 3. The highest BCUT2D eigenvalue weighted by Crippen LogP contribution is 2.65. The van der Waals surface area contributed by atoms with Crippen molar-refractivity contribution in [1.29, 1.82) is 0 Å². The minimum atomic E-state index is -0.350. The van der Waals surface area contributed by atoms with Gasteiger partial charge in [0.1, 0.15) is 12.2 Å². The average molecular weight is 546 g/mol. The van der Waals surface area contributed by atoms with Gasteiger partial charge in [-0.1, -0.05) is 32.4 Å². The first-order chi connectivity index (χ1) is 18.3. The summed E-state index contributed by atoms with van der Waals surface area (Å²) < 4.78 is 16.7.